The summed E-state index contributed by atoms with van der Waals surface area (Å²) in [7, 11) is 0. The van der Waals surface area contributed by atoms with Gasteiger partial charge in [0.15, 0.2) is 5.60 Å². The van der Waals surface area contributed by atoms with E-state index >= 15 is 0 Å². The van der Waals surface area contributed by atoms with E-state index in [1.54, 1.807) is 12.1 Å². The summed E-state index contributed by atoms with van der Waals surface area (Å²) in [5.41, 5.74) is 0.295. The SMILES string of the molecule is CC(=O)N[C@H]1C[C@]12CN(c1ccc(N3CCOCC3)c(F)c1)C(=O)O2. The van der Waals surface area contributed by atoms with E-state index in [4.69, 9.17) is 9.47 Å². The number of nitrogens with one attached hydrogen (secondary N) is 1. The van der Waals surface area contributed by atoms with Crippen LogP contribution in [0.5, 0.6) is 0 Å². The van der Waals surface area contributed by atoms with Gasteiger partial charge in [-0.3, -0.25) is 9.69 Å². The van der Waals surface area contributed by atoms with Crippen molar-refractivity contribution in [2.45, 2.75) is 25.0 Å². The van der Waals surface area contributed by atoms with Gasteiger partial charge in [-0.05, 0) is 18.2 Å². The van der Waals surface area contributed by atoms with Gasteiger partial charge in [0, 0.05) is 26.4 Å². The second-order valence-electron chi connectivity index (χ2n) is 6.71. The predicted molar refractivity (Wildman–Crippen MR) is 88.2 cm³/mol. The van der Waals surface area contributed by atoms with Crippen molar-refractivity contribution >= 4 is 23.4 Å². The lowest BCUT2D eigenvalue weighted by atomic mass is 10.2. The topological polar surface area (TPSA) is 71.1 Å². The summed E-state index contributed by atoms with van der Waals surface area (Å²) >= 11 is 0. The van der Waals surface area contributed by atoms with Crippen LogP contribution in [0.1, 0.15) is 13.3 Å². The van der Waals surface area contributed by atoms with Crippen LogP contribution in [0, 0.1) is 5.82 Å². The van der Waals surface area contributed by atoms with Crippen LogP contribution in [0.2, 0.25) is 0 Å². The smallest absolute Gasteiger partial charge is 0.415 e. The highest BCUT2D eigenvalue weighted by Crippen LogP contribution is 2.46. The van der Waals surface area contributed by atoms with Crippen molar-refractivity contribution < 1.29 is 23.5 Å². The summed E-state index contributed by atoms with van der Waals surface area (Å²) in [6.07, 6.45) is 0.0785. The second-order valence-corrected chi connectivity index (χ2v) is 6.71. The van der Waals surface area contributed by atoms with Gasteiger partial charge in [0.25, 0.3) is 0 Å². The van der Waals surface area contributed by atoms with Crippen LogP contribution in [0.4, 0.5) is 20.6 Å². The summed E-state index contributed by atoms with van der Waals surface area (Å²) < 4.78 is 25.3. The quantitative estimate of drug-likeness (QED) is 0.890. The van der Waals surface area contributed by atoms with Crippen molar-refractivity contribution in [3.8, 4) is 0 Å². The first-order valence-corrected chi connectivity index (χ1v) is 8.38. The fourth-order valence-electron chi connectivity index (χ4n) is 3.52. The zero-order chi connectivity index (χ0) is 17.6. The first kappa shape index (κ1) is 16.1. The van der Waals surface area contributed by atoms with E-state index in [2.05, 4.69) is 5.32 Å². The van der Waals surface area contributed by atoms with Crippen LogP contribution in [0.15, 0.2) is 18.2 Å². The number of morpholine rings is 1. The molecule has 4 rings (SSSR count). The van der Waals surface area contributed by atoms with Crippen molar-refractivity contribution in [1.29, 1.82) is 0 Å². The molecule has 0 bridgehead atoms. The summed E-state index contributed by atoms with van der Waals surface area (Å²) in [5.74, 6) is -0.528. The number of hydrogen-bond acceptors (Lipinski definition) is 5. The summed E-state index contributed by atoms with van der Waals surface area (Å²) in [5, 5.41) is 2.77. The third kappa shape index (κ3) is 2.90. The van der Waals surface area contributed by atoms with Crippen molar-refractivity contribution in [2.24, 2.45) is 0 Å². The molecule has 2 amide bonds. The number of rotatable bonds is 3. The molecule has 1 aromatic carbocycles. The maximum atomic E-state index is 14.6. The maximum absolute atomic E-state index is 14.6. The number of carbonyl (C=O) groups is 2. The normalized spacial score (nSPS) is 28.2. The maximum Gasteiger partial charge on any atom is 0.415 e. The molecule has 8 heteroatoms. The van der Waals surface area contributed by atoms with Gasteiger partial charge >= 0.3 is 6.09 Å². The van der Waals surface area contributed by atoms with E-state index in [1.165, 1.54) is 17.9 Å². The van der Waals surface area contributed by atoms with Gasteiger partial charge in [0.2, 0.25) is 5.91 Å². The lowest BCUT2D eigenvalue weighted by Gasteiger charge is -2.29. The molecule has 1 aliphatic carbocycles. The van der Waals surface area contributed by atoms with E-state index < -0.39 is 11.7 Å². The average molecular weight is 349 g/mol. The molecular formula is C17H20FN3O4. The van der Waals surface area contributed by atoms with Gasteiger partial charge in [-0.1, -0.05) is 0 Å². The number of hydrogen-bond donors (Lipinski definition) is 1. The molecule has 2 saturated heterocycles. The van der Waals surface area contributed by atoms with E-state index in [-0.39, 0.29) is 17.8 Å². The Hall–Kier alpha value is -2.35. The van der Waals surface area contributed by atoms with E-state index in [1.807, 2.05) is 4.90 Å². The molecule has 2 aliphatic heterocycles. The molecule has 2 atom stereocenters. The number of carbonyl (C=O) groups excluding carboxylic acids is 2. The molecule has 134 valence electrons. The largest absolute Gasteiger partial charge is 0.438 e. The highest BCUT2D eigenvalue weighted by molar-refractivity contribution is 5.91. The highest BCUT2D eigenvalue weighted by Gasteiger charge is 2.64. The zero-order valence-corrected chi connectivity index (χ0v) is 14.0. The Morgan fingerprint density at radius 3 is 2.80 bits per heavy atom. The van der Waals surface area contributed by atoms with Crippen molar-refractivity contribution in [3.63, 3.8) is 0 Å². The van der Waals surface area contributed by atoms with E-state index in [0.29, 0.717) is 50.6 Å². The van der Waals surface area contributed by atoms with Gasteiger partial charge in [0.1, 0.15) is 5.82 Å². The van der Waals surface area contributed by atoms with E-state index in [9.17, 15) is 14.0 Å². The number of benzene rings is 1. The summed E-state index contributed by atoms with van der Waals surface area (Å²) in [6, 6.07) is 4.61. The van der Waals surface area contributed by atoms with E-state index in [0.717, 1.165) is 0 Å². The molecule has 0 unspecified atom stereocenters. The van der Waals surface area contributed by atoms with Crippen LogP contribution in [-0.2, 0) is 14.3 Å². The minimum atomic E-state index is -0.678. The lowest BCUT2D eigenvalue weighted by molar-refractivity contribution is -0.119. The van der Waals surface area contributed by atoms with Gasteiger partial charge in [0.05, 0.1) is 37.2 Å². The molecule has 1 saturated carbocycles. The number of anilines is 2. The zero-order valence-electron chi connectivity index (χ0n) is 14.0. The van der Waals surface area contributed by atoms with Crippen LogP contribution >= 0.6 is 0 Å². The van der Waals surface area contributed by atoms with Gasteiger partial charge in [-0.15, -0.1) is 0 Å². The van der Waals surface area contributed by atoms with Gasteiger partial charge in [-0.25, -0.2) is 9.18 Å². The highest BCUT2D eigenvalue weighted by atomic mass is 19.1. The first-order chi connectivity index (χ1) is 12.0. The third-order valence-electron chi connectivity index (χ3n) is 4.93. The Morgan fingerprint density at radius 2 is 2.12 bits per heavy atom. The monoisotopic (exact) mass is 349 g/mol. The molecule has 1 spiro atoms. The molecule has 3 fully saturated rings. The molecule has 1 N–H and O–H groups in total. The molecule has 1 aromatic rings. The van der Waals surface area contributed by atoms with Gasteiger partial charge in [-0.2, -0.15) is 0 Å². The van der Waals surface area contributed by atoms with Crippen molar-refractivity contribution in [2.75, 3.05) is 42.6 Å². The number of nitrogens with zero attached hydrogens (tertiary/aromatic N) is 2. The number of ether oxygens (including phenoxy) is 2. The molecule has 0 radical (unpaired) electrons. The number of amides is 2. The second kappa shape index (κ2) is 5.87. The Morgan fingerprint density at radius 1 is 1.36 bits per heavy atom. The van der Waals surface area contributed by atoms with Crippen molar-refractivity contribution in [1.82, 2.24) is 5.32 Å². The van der Waals surface area contributed by atoms with Crippen LogP contribution in [0.3, 0.4) is 0 Å². The molecular weight excluding hydrogens is 329 g/mol. The Balaban J connectivity index is 1.50. The molecule has 25 heavy (non-hydrogen) atoms. The fraction of sp³-hybridized carbons (Fsp3) is 0.529. The van der Waals surface area contributed by atoms with Gasteiger partial charge < -0.3 is 19.7 Å². The van der Waals surface area contributed by atoms with Crippen molar-refractivity contribution in [3.05, 3.63) is 24.0 Å². The van der Waals surface area contributed by atoms with Crippen LogP contribution in [0.25, 0.3) is 0 Å². The Labute approximate surface area is 144 Å². The first-order valence-electron chi connectivity index (χ1n) is 8.38. The fourth-order valence-corrected chi connectivity index (χ4v) is 3.52. The van der Waals surface area contributed by atoms with Crippen LogP contribution < -0.4 is 15.1 Å². The standard InChI is InChI=1S/C17H20FN3O4/c1-11(22)19-15-9-17(15)10-21(16(23)25-17)12-2-3-14(13(18)8-12)20-4-6-24-7-5-20/h2-3,8,15H,4-7,9-10H2,1H3,(H,19,22)/t15-,17-/m0/s1. The minimum Gasteiger partial charge on any atom is -0.438 e. The molecule has 2 heterocycles. The lowest BCUT2D eigenvalue weighted by Crippen LogP contribution is -2.36. The Kier molecular flexibility index (Phi) is 3.79. The molecule has 0 aromatic heterocycles. The minimum absolute atomic E-state index is 0.155. The summed E-state index contributed by atoms with van der Waals surface area (Å²) in [6.45, 7) is 4.18. The number of halogens is 1. The molecule has 3 aliphatic rings. The predicted octanol–water partition coefficient (Wildman–Crippen LogP) is 1.27. The summed E-state index contributed by atoms with van der Waals surface area (Å²) in [4.78, 5) is 26.7. The third-order valence-corrected chi connectivity index (χ3v) is 4.93. The molecule has 7 nitrogen and oxygen atoms in total. The average Bonchev–Trinajstić information content (AvgIpc) is 3.10. The Bertz CT molecular complexity index is 722. The van der Waals surface area contributed by atoms with Crippen LogP contribution in [-0.4, -0.2) is 56.5 Å².